The minimum Gasteiger partial charge on any atom is -0.481 e. The van der Waals surface area contributed by atoms with Gasteiger partial charge in [-0.25, -0.2) is 4.98 Å². The largest absolute Gasteiger partial charge is 0.481 e. The number of nitrogens with zero attached hydrogens (tertiary/aromatic N) is 3. The summed E-state index contributed by atoms with van der Waals surface area (Å²) >= 11 is 0. The highest BCUT2D eigenvalue weighted by atomic mass is 127. The van der Waals surface area contributed by atoms with E-state index >= 15 is 0 Å². The highest BCUT2D eigenvalue weighted by Gasteiger charge is 2.12. The van der Waals surface area contributed by atoms with E-state index in [1.165, 1.54) is 0 Å². The third-order valence-corrected chi connectivity index (χ3v) is 3.64. The fourth-order valence-corrected chi connectivity index (χ4v) is 2.48. The van der Waals surface area contributed by atoms with Crippen LogP contribution in [0.15, 0.2) is 23.2 Å². The van der Waals surface area contributed by atoms with Gasteiger partial charge in [-0.15, -0.1) is 24.0 Å². The van der Waals surface area contributed by atoms with Gasteiger partial charge in [-0.05, 0) is 33.8 Å². The summed E-state index contributed by atoms with van der Waals surface area (Å²) in [7, 11) is 3.40. The maximum absolute atomic E-state index is 5.13. The fourth-order valence-electron chi connectivity index (χ4n) is 2.48. The zero-order valence-electron chi connectivity index (χ0n) is 15.7. The molecule has 6 nitrogen and oxygen atoms in total. The predicted molar refractivity (Wildman–Crippen MR) is 111 cm³/mol. The zero-order chi connectivity index (χ0) is 17.2. The number of aromatic nitrogens is 1. The fraction of sp³-hybridized carbons (Fsp3) is 0.647. The Kier molecular flexibility index (Phi) is 11.7. The van der Waals surface area contributed by atoms with Gasteiger partial charge in [0.2, 0.25) is 5.88 Å². The van der Waals surface area contributed by atoms with Crippen LogP contribution in [-0.4, -0.2) is 55.2 Å². The van der Waals surface area contributed by atoms with Gasteiger partial charge < -0.3 is 15.4 Å². The molecule has 0 fully saturated rings. The van der Waals surface area contributed by atoms with Crippen LogP contribution in [0.4, 0.5) is 0 Å². The standard InChI is InChI=1S/C17H31N5O.HI/c1-13(2)22(14(3)4)11-10-19-17(18-5)20-12-15-8-7-9-16(21-15)23-6;/h7-9,13-14H,10-12H2,1-6H3,(H2,18,19,20);1H. The molecule has 2 N–H and O–H groups in total. The van der Waals surface area contributed by atoms with Gasteiger partial charge >= 0.3 is 0 Å². The summed E-state index contributed by atoms with van der Waals surface area (Å²) < 4.78 is 5.13. The number of rotatable bonds is 8. The summed E-state index contributed by atoms with van der Waals surface area (Å²) in [4.78, 5) is 11.1. The average molecular weight is 449 g/mol. The Morgan fingerprint density at radius 1 is 1.21 bits per heavy atom. The van der Waals surface area contributed by atoms with E-state index in [0.717, 1.165) is 24.7 Å². The number of aliphatic imine (C=N–C) groups is 1. The molecule has 0 aliphatic rings. The zero-order valence-corrected chi connectivity index (χ0v) is 18.0. The van der Waals surface area contributed by atoms with E-state index in [-0.39, 0.29) is 24.0 Å². The van der Waals surface area contributed by atoms with Gasteiger partial charge in [-0.1, -0.05) is 6.07 Å². The van der Waals surface area contributed by atoms with Crippen molar-refractivity contribution in [2.75, 3.05) is 27.2 Å². The second-order valence-corrected chi connectivity index (χ2v) is 5.95. The van der Waals surface area contributed by atoms with Crippen molar-refractivity contribution in [3.8, 4) is 5.88 Å². The van der Waals surface area contributed by atoms with Crippen LogP contribution in [-0.2, 0) is 6.54 Å². The second kappa shape index (κ2) is 12.3. The number of pyridine rings is 1. The number of hydrogen-bond acceptors (Lipinski definition) is 4. The lowest BCUT2D eigenvalue weighted by molar-refractivity contribution is 0.178. The van der Waals surface area contributed by atoms with E-state index in [1.54, 1.807) is 14.2 Å². The van der Waals surface area contributed by atoms with Crippen molar-refractivity contribution in [3.05, 3.63) is 23.9 Å². The van der Waals surface area contributed by atoms with E-state index in [1.807, 2.05) is 18.2 Å². The first-order valence-corrected chi connectivity index (χ1v) is 8.18. The molecule has 7 heteroatoms. The number of halogens is 1. The molecule has 0 aliphatic heterocycles. The van der Waals surface area contributed by atoms with Crippen molar-refractivity contribution in [2.24, 2.45) is 4.99 Å². The quantitative estimate of drug-likeness (QED) is 0.363. The Morgan fingerprint density at radius 3 is 2.42 bits per heavy atom. The van der Waals surface area contributed by atoms with Crippen molar-refractivity contribution < 1.29 is 4.74 Å². The number of hydrogen-bond donors (Lipinski definition) is 2. The summed E-state index contributed by atoms with van der Waals surface area (Å²) in [5.74, 6) is 1.40. The molecule has 0 saturated carbocycles. The first-order chi connectivity index (χ1) is 11.0. The molecule has 1 aromatic heterocycles. The molecule has 0 amide bonds. The summed E-state index contributed by atoms with van der Waals surface area (Å²) in [6.45, 7) is 11.3. The first kappa shape index (κ1) is 22.9. The van der Waals surface area contributed by atoms with Crippen LogP contribution in [0.25, 0.3) is 0 Å². The summed E-state index contributed by atoms with van der Waals surface area (Å²) in [6.07, 6.45) is 0. The van der Waals surface area contributed by atoms with Crippen LogP contribution in [0.5, 0.6) is 5.88 Å². The van der Waals surface area contributed by atoms with E-state index in [0.29, 0.717) is 24.5 Å². The molecular formula is C17H32IN5O. The molecule has 0 saturated heterocycles. The van der Waals surface area contributed by atoms with E-state index in [4.69, 9.17) is 4.74 Å². The van der Waals surface area contributed by atoms with Gasteiger partial charge in [0.25, 0.3) is 0 Å². The van der Waals surface area contributed by atoms with Gasteiger partial charge in [0.1, 0.15) is 0 Å². The molecule has 1 heterocycles. The maximum atomic E-state index is 5.13. The molecule has 0 unspecified atom stereocenters. The molecule has 0 bridgehead atoms. The van der Waals surface area contributed by atoms with Crippen LogP contribution < -0.4 is 15.4 Å². The molecule has 0 spiro atoms. The van der Waals surface area contributed by atoms with Crippen molar-refractivity contribution in [1.82, 2.24) is 20.5 Å². The Labute approximate surface area is 163 Å². The van der Waals surface area contributed by atoms with Gasteiger partial charge in [0.15, 0.2) is 5.96 Å². The number of nitrogens with one attached hydrogen (secondary N) is 2. The summed E-state index contributed by atoms with van der Waals surface area (Å²) in [6, 6.07) is 6.80. The molecule has 138 valence electrons. The lowest BCUT2D eigenvalue weighted by atomic mass is 10.2. The highest BCUT2D eigenvalue weighted by Crippen LogP contribution is 2.06. The van der Waals surface area contributed by atoms with Crippen LogP contribution in [0.1, 0.15) is 33.4 Å². The molecular weight excluding hydrogens is 417 g/mol. The highest BCUT2D eigenvalue weighted by molar-refractivity contribution is 14.0. The van der Waals surface area contributed by atoms with Gasteiger partial charge in [-0.3, -0.25) is 9.89 Å². The van der Waals surface area contributed by atoms with Crippen LogP contribution >= 0.6 is 24.0 Å². The third-order valence-electron chi connectivity index (χ3n) is 3.64. The van der Waals surface area contributed by atoms with Gasteiger partial charge in [0, 0.05) is 38.3 Å². The molecule has 24 heavy (non-hydrogen) atoms. The Balaban J connectivity index is 0.00000529. The van der Waals surface area contributed by atoms with E-state index in [2.05, 4.69) is 53.2 Å². The lowest BCUT2D eigenvalue weighted by Gasteiger charge is -2.30. The predicted octanol–water partition coefficient (Wildman–Crippen LogP) is 2.49. The second-order valence-electron chi connectivity index (χ2n) is 5.95. The number of guanidine groups is 1. The van der Waals surface area contributed by atoms with Gasteiger partial charge in [0.05, 0.1) is 19.3 Å². The summed E-state index contributed by atoms with van der Waals surface area (Å²) in [5.41, 5.74) is 0.915. The van der Waals surface area contributed by atoms with E-state index < -0.39 is 0 Å². The lowest BCUT2D eigenvalue weighted by Crippen LogP contribution is -2.45. The van der Waals surface area contributed by atoms with Crippen molar-refractivity contribution in [1.29, 1.82) is 0 Å². The summed E-state index contributed by atoms with van der Waals surface area (Å²) in [5, 5.41) is 6.62. The molecule has 1 rings (SSSR count). The normalized spacial score (nSPS) is 11.6. The van der Waals surface area contributed by atoms with Crippen molar-refractivity contribution in [2.45, 2.75) is 46.3 Å². The van der Waals surface area contributed by atoms with Crippen LogP contribution in [0, 0.1) is 0 Å². The first-order valence-electron chi connectivity index (χ1n) is 8.18. The van der Waals surface area contributed by atoms with Crippen molar-refractivity contribution in [3.63, 3.8) is 0 Å². The van der Waals surface area contributed by atoms with E-state index in [9.17, 15) is 0 Å². The Bertz CT molecular complexity index is 486. The molecule has 0 atom stereocenters. The average Bonchev–Trinajstić information content (AvgIpc) is 2.53. The smallest absolute Gasteiger partial charge is 0.213 e. The molecule has 0 aromatic carbocycles. The maximum Gasteiger partial charge on any atom is 0.213 e. The monoisotopic (exact) mass is 449 g/mol. The SMILES string of the molecule is CN=C(NCCN(C(C)C)C(C)C)NCc1cccc(OC)n1.I. The minimum atomic E-state index is 0. The van der Waals surface area contributed by atoms with Gasteiger partial charge in [-0.2, -0.15) is 0 Å². The van der Waals surface area contributed by atoms with Crippen LogP contribution in [0.2, 0.25) is 0 Å². The number of methoxy groups -OCH3 is 1. The molecule has 1 aromatic rings. The Morgan fingerprint density at radius 2 is 1.88 bits per heavy atom. The van der Waals surface area contributed by atoms with Crippen molar-refractivity contribution >= 4 is 29.9 Å². The molecule has 0 aliphatic carbocycles. The molecule has 0 radical (unpaired) electrons. The Hall–Kier alpha value is -1.09. The minimum absolute atomic E-state index is 0. The van der Waals surface area contributed by atoms with Crippen LogP contribution in [0.3, 0.4) is 0 Å². The number of ether oxygens (including phenoxy) is 1. The topological polar surface area (TPSA) is 61.8 Å². The third kappa shape index (κ3) is 8.14.